The van der Waals surface area contributed by atoms with Crippen molar-refractivity contribution in [3.8, 4) is 5.69 Å². The Morgan fingerprint density at radius 2 is 1.88 bits per heavy atom. The second-order valence-corrected chi connectivity index (χ2v) is 9.88. The third-order valence-electron chi connectivity index (χ3n) is 5.92. The van der Waals surface area contributed by atoms with Gasteiger partial charge >= 0.3 is 0 Å². The quantitative estimate of drug-likeness (QED) is 0.454. The Hall–Kier alpha value is -2.84. The second kappa shape index (κ2) is 11.5. The number of ether oxygens (including phenoxy) is 1. The van der Waals surface area contributed by atoms with Crippen LogP contribution in [0.1, 0.15) is 43.9 Å². The molecule has 0 aliphatic carbocycles. The number of hydrogen-bond acceptors (Lipinski definition) is 6. The number of hydrogen-bond donors (Lipinski definition) is 1. The molecule has 7 nitrogen and oxygen atoms in total. The molecule has 1 fully saturated rings. The summed E-state index contributed by atoms with van der Waals surface area (Å²) < 4.78 is 7.59. The zero-order chi connectivity index (χ0) is 23.9. The van der Waals surface area contributed by atoms with E-state index in [1.165, 1.54) is 11.8 Å². The van der Waals surface area contributed by atoms with E-state index >= 15 is 0 Å². The zero-order valence-electron chi connectivity index (χ0n) is 20.1. The zero-order valence-corrected chi connectivity index (χ0v) is 20.9. The molecule has 3 aromatic rings. The molecular weight excluding hydrogens is 446 g/mol. The van der Waals surface area contributed by atoms with Gasteiger partial charge in [0.05, 0.1) is 30.2 Å². The molecule has 1 saturated heterocycles. The van der Waals surface area contributed by atoms with Gasteiger partial charge in [-0.3, -0.25) is 9.36 Å². The monoisotopic (exact) mass is 479 g/mol. The van der Waals surface area contributed by atoms with E-state index in [-0.39, 0.29) is 17.2 Å². The Labute approximate surface area is 205 Å². The fourth-order valence-electron chi connectivity index (χ4n) is 4.10. The predicted octanol–water partition coefficient (Wildman–Crippen LogP) is 4.55. The van der Waals surface area contributed by atoms with E-state index in [1.807, 2.05) is 31.2 Å². The Balaban J connectivity index is 1.56. The maximum absolute atomic E-state index is 13.2. The SMILES string of the molecule is CCCC(NC(=O)C(C)Sc1nnc(N2CCOCC2)n1-c1cccc(C)c1)c1ccccc1. The van der Waals surface area contributed by atoms with E-state index in [9.17, 15) is 4.79 Å². The van der Waals surface area contributed by atoms with Gasteiger partial charge in [-0.25, -0.2) is 0 Å². The van der Waals surface area contributed by atoms with E-state index in [0.29, 0.717) is 18.4 Å². The first-order valence-corrected chi connectivity index (χ1v) is 12.8. The molecular formula is C26H33N5O2S. The fourth-order valence-corrected chi connectivity index (χ4v) is 4.97. The standard InChI is InChI=1S/C26H33N5O2S/c1-4-9-23(21-11-6-5-7-12-21)27-24(32)20(3)34-26-29-28-25(30-14-16-33-17-15-30)31(26)22-13-8-10-19(2)18-22/h5-8,10-13,18,20,23H,4,9,14-17H2,1-3H3,(H,27,32). The van der Waals surface area contributed by atoms with Crippen molar-refractivity contribution >= 4 is 23.6 Å². The molecule has 34 heavy (non-hydrogen) atoms. The molecule has 180 valence electrons. The number of aromatic nitrogens is 3. The third kappa shape index (κ3) is 5.80. The summed E-state index contributed by atoms with van der Waals surface area (Å²) in [5, 5.41) is 12.7. The predicted molar refractivity (Wildman–Crippen MR) is 137 cm³/mol. The van der Waals surface area contributed by atoms with Crippen molar-refractivity contribution in [2.24, 2.45) is 0 Å². The van der Waals surface area contributed by atoms with Crippen LogP contribution in [0.25, 0.3) is 5.69 Å². The molecule has 1 aliphatic heterocycles. The van der Waals surface area contributed by atoms with Crippen LogP contribution in [0.4, 0.5) is 5.95 Å². The molecule has 1 amide bonds. The summed E-state index contributed by atoms with van der Waals surface area (Å²) in [5.74, 6) is 0.788. The average Bonchev–Trinajstić information content (AvgIpc) is 3.28. The van der Waals surface area contributed by atoms with Crippen molar-refractivity contribution in [3.05, 3.63) is 65.7 Å². The molecule has 2 heterocycles. The lowest BCUT2D eigenvalue weighted by Crippen LogP contribution is -2.38. The van der Waals surface area contributed by atoms with Gasteiger partial charge in [-0.1, -0.05) is 67.6 Å². The largest absolute Gasteiger partial charge is 0.378 e. The van der Waals surface area contributed by atoms with Gasteiger partial charge in [0.15, 0.2) is 5.16 Å². The highest BCUT2D eigenvalue weighted by Crippen LogP contribution is 2.30. The number of nitrogens with one attached hydrogen (secondary N) is 1. The maximum atomic E-state index is 13.2. The lowest BCUT2D eigenvalue weighted by atomic mass is 10.0. The summed E-state index contributed by atoms with van der Waals surface area (Å²) in [5.41, 5.74) is 3.29. The van der Waals surface area contributed by atoms with Crippen LogP contribution in [0.5, 0.6) is 0 Å². The van der Waals surface area contributed by atoms with Crippen LogP contribution in [0.2, 0.25) is 0 Å². The molecule has 0 saturated carbocycles. The van der Waals surface area contributed by atoms with Crippen molar-refractivity contribution < 1.29 is 9.53 Å². The summed E-state index contributed by atoms with van der Waals surface area (Å²) in [6.45, 7) is 9.00. The number of carbonyl (C=O) groups excluding carboxylic acids is 1. The molecule has 1 N–H and O–H groups in total. The van der Waals surface area contributed by atoms with Crippen LogP contribution in [0, 0.1) is 6.92 Å². The van der Waals surface area contributed by atoms with E-state index in [1.54, 1.807) is 0 Å². The number of nitrogens with zero attached hydrogens (tertiary/aromatic N) is 4. The van der Waals surface area contributed by atoms with E-state index < -0.39 is 0 Å². The average molecular weight is 480 g/mol. The van der Waals surface area contributed by atoms with Crippen molar-refractivity contribution in [3.63, 3.8) is 0 Å². The highest BCUT2D eigenvalue weighted by Gasteiger charge is 2.26. The van der Waals surface area contributed by atoms with Gasteiger partial charge in [-0.15, -0.1) is 10.2 Å². The summed E-state index contributed by atoms with van der Waals surface area (Å²) >= 11 is 1.44. The summed E-state index contributed by atoms with van der Waals surface area (Å²) in [4.78, 5) is 15.4. The second-order valence-electron chi connectivity index (χ2n) is 8.58. The van der Waals surface area contributed by atoms with Crippen LogP contribution in [0.15, 0.2) is 59.8 Å². The minimum atomic E-state index is -0.326. The van der Waals surface area contributed by atoms with E-state index in [0.717, 1.165) is 48.7 Å². The fraction of sp³-hybridized carbons (Fsp3) is 0.423. The number of rotatable bonds is 9. The molecule has 0 bridgehead atoms. The van der Waals surface area contributed by atoms with Crippen LogP contribution in [0.3, 0.4) is 0 Å². The molecule has 2 atom stereocenters. The van der Waals surface area contributed by atoms with Crippen molar-refractivity contribution in [1.82, 2.24) is 20.1 Å². The normalized spacial score (nSPS) is 15.7. The molecule has 1 aliphatic rings. The van der Waals surface area contributed by atoms with E-state index in [4.69, 9.17) is 4.74 Å². The van der Waals surface area contributed by atoms with E-state index in [2.05, 4.69) is 69.2 Å². The Morgan fingerprint density at radius 1 is 1.12 bits per heavy atom. The number of morpholine rings is 1. The van der Waals surface area contributed by atoms with Crippen molar-refractivity contribution in [1.29, 1.82) is 0 Å². The molecule has 2 aromatic carbocycles. The van der Waals surface area contributed by atoms with Crippen LogP contribution in [-0.2, 0) is 9.53 Å². The molecule has 8 heteroatoms. The molecule has 0 radical (unpaired) electrons. The molecule has 1 aromatic heterocycles. The van der Waals surface area contributed by atoms with Gasteiger partial charge in [-0.2, -0.15) is 0 Å². The number of carbonyl (C=O) groups is 1. The first-order valence-electron chi connectivity index (χ1n) is 11.9. The number of benzene rings is 2. The maximum Gasteiger partial charge on any atom is 0.233 e. The van der Waals surface area contributed by atoms with Gasteiger partial charge in [0.25, 0.3) is 0 Å². The lowest BCUT2D eigenvalue weighted by Gasteiger charge is -2.28. The summed E-state index contributed by atoms with van der Waals surface area (Å²) in [7, 11) is 0. The van der Waals surface area contributed by atoms with Gasteiger partial charge in [-0.05, 0) is 43.5 Å². The Bertz CT molecular complexity index is 1080. The minimum Gasteiger partial charge on any atom is -0.378 e. The Kier molecular flexibility index (Phi) is 8.24. The van der Waals surface area contributed by atoms with Crippen LogP contribution in [-0.4, -0.2) is 52.2 Å². The summed E-state index contributed by atoms with van der Waals surface area (Å²) in [6.07, 6.45) is 1.89. The topological polar surface area (TPSA) is 72.3 Å². The van der Waals surface area contributed by atoms with Crippen molar-refractivity contribution in [2.45, 2.75) is 50.1 Å². The van der Waals surface area contributed by atoms with Crippen LogP contribution < -0.4 is 10.2 Å². The molecule has 4 rings (SSSR count). The highest BCUT2D eigenvalue weighted by molar-refractivity contribution is 8.00. The van der Waals surface area contributed by atoms with Gasteiger partial charge in [0, 0.05) is 13.1 Å². The van der Waals surface area contributed by atoms with Gasteiger partial charge in [0.1, 0.15) is 0 Å². The smallest absolute Gasteiger partial charge is 0.233 e. The van der Waals surface area contributed by atoms with Gasteiger partial charge in [0.2, 0.25) is 11.9 Å². The van der Waals surface area contributed by atoms with Gasteiger partial charge < -0.3 is 15.0 Å². The third-order valence-corrected chi connectivity index (χ3v) is 6.96. The first kappa shape index (κ1) is 24.3. The minimum absolute atomic E-state index is 0.000281. The number of amides is 1. The number of aryl methyl sites for hydroxylation is 1. The van der Waals surface area contributed by atoms with Crippen molar-refractivity contribution in [2.75, 3.05) is 31.2 Å². The Morgan fingerprint density at radius 3 is 2.59 bits per heavy atom. The molecule has 0 spiro atoms. The molecule has 2 unspecified atom stereocenters. The lowest BCUT2D eigenvalue weighted by molar-refractivity contribution is -0.121. The first-order chi connectivity index (χ1) is 16.6. The summed E-state index contributed by atoms with van der Waals surface area (Å²) in [6, 6.07) is 18.5. The number of thioether (sulfide) groups is 1. The van der Waals surface area contributed by atoms with Crippen LogP contribution >= 0.6 is 11.8 Å². The number of anilines is 1. The highest BCUT2D eigenvalue weighted by atomic mass is 32.2.